The van der Waals surface area contributed by atoms with E-state index >= 15 is 0 Å². The fourth-order valence-electron chi connectivity index (χ4n) is 3.15. The van der Waals surface area contributed by atoms with Gasteiger partial charge in [0, 0.05) is 32.8 Å². The van der Waals surface area contributed by atoms with Crippen LogP contribution in [0.4, 0.5) is 0 Å². The first-order chi connectivity index (χ1) is 12.7. The van der Waals surface area contributed by atoms with Gasteiger partial charge in [0.2, 0.25) is 0 Å². The molecular formula is C21H20N2OS2. The first-order valence-corrected chi connectivity index (χ1v) is 10.2. The zero-order chi connectivity index (χ0) is 18.1. The summed E-state index contributed by atoms with van der Waals surface area (Å²) in [6.07, 6.45) is 0. The SMILES string of the molecule is COc1cccc(-c2nc(-c3cc(C)n(Cc4cccs4)c3C)cs2)c1. The highest BCUT2D eigenvalue weighted by Gasteiger charge is 2.15. The highest BCUT2D eigenvalue weighted by Crippen LogP contribution is 2.33. The van der Waals surface area contributed by atoms with Crippen LogP contribution >= 0.6 is 22.7 Å². The number of rotatable bonds is 5. The molecule has 0 fully saturated rings. The van der Waals surface area contributed by atoms with Crippen LogP contribution < -0.4 is 4.74 Å². The van der Waals surface area contributed by atoms with E-state index in [4.69, 9.17) is 9.72 Å². The van der Waals surface area contributed by atoms with Crippen molar-refractivity contribution < 1.29 is 4.74 Å². The van der Waals surface area contributed by atoms with Crippen LogP contribution in [0.3, 0.4) is 0 Å². The van der Waals surface area contributed by atoms with E-state index in [1.54, 1.807) is 29.8 Å². The molecule has 0 N–H and O–H groups in total. The number of hydrogen-bond donors (Lipinski definition) is 0. The molecule has 0 saturated heterocycles. The van der Waals surface area contributed by atoms with Gasteiger partial charge in [0.15, 0.2) is 0 Å². The van der Waals surface area contributed by atoms with Gasteiger partial charge in [0.1, 0.15) is 10.8 Å². The van der Waals surface area contributed by atoms with Gasteiger partial charge >= 0.3 is 0 Å². The summed E-state index contributed by atoms with van der Waals surface area (Å²) in [6.45, 7) is 5.27. The second-order valence-electron chi connectivity index (χ2n) is 6.22. The van der Waals surface area contributed by atoms with Crippen LogP contribution in [0.1, 0.15) is 16.3 Å². The van der Waals surface area contributed by atoms with Crippen LogP contribution in [0.2, 0.25) is 0 Å². The van der Waals surface area contributed by atoms with Crippen molar-refractivity contribution in [3.63, 3.8) is 0 Å². The molecule has 0 saturated carbocycles. The number of ether oxygens (including phenoxy) is 1. The predicted molar refractivity (Wildman–Crippen MR) is 110 cm³/mol. The summed E-state index contributed by atoms with van der Waals surface area (Å²) in [6, 6.07) is 14.6. The molecule has 4 rings (SSSR count). The van der Waals surface area contributed by atoms with Gasteiger partial charge in [-0.15, -0.1) is 22.7 Å². The third kappa shape index (κ3) is 3.20. The molecule has 3 heterocycles. The van der Waals surface area contributed by atoms with Gasteiger partial charge in [0.05, 0.1) is 19.3 Å². The molecule has 26 heavy (non-hydrogen) atoms. The van der Waals surface area contributed by atoms with Crippen molar-refractivity contribution in [1.29, 1.82) is 0 Å². The molecule has 1 aromatic carbocycles. The summed E-state index contributed by atoms with van der Waals surface area (Å²) in [4.78, 5) is 6.26. The van der Waals surface area contributed by atoms with E-state index in [2.05, 4.69) is 53.4 Å². The first kappa shape index (κ1) is 17.1. The van der Waals surface area contributed by atoms with E-state index < -0.39 is 0 Å². The summed E-state index contributed by atoms with van der Waals surface area (Å²) < 4.78 is 7.70. The van der Waals surface area contributed by atoms with Crippen molar-refractivity contribution in [2.24, 2.45) is 0 Å². The van der Waals surface area contributed by atoms with Gasteiger partial charge in [-0.2, -0.15) is 0 Å². The Morgan fingerprint density at radius 1 is 1.08 bits per heavy atom. The van der Waals surface area contributed by atoms with Crippen LogP contribution in [0, 0.1) is 13.8 Å². The summed E-state index contributed by atoms with van der Waals surface area (Å²) in [7, 11) is 1.69. The molecule has 3 aromatic heterocycles. The van der Waals surface area contributed by atoms with Gasteiger partial charge in [0.25, 0.3) is 0 Å². The van der Waals surface area contributed by atoms with Crippen molar-refractivity contribution in [2.45, 2.75) is 20.4 Å². The average molecular weight is 381 g/mol. The molecule has 0 aliphatic rings. The molecule has 4 aromatic rings. The Labute approximate surface area is 161 Å². The highest BCUT2D eigenvalue weighted by atomic mass is 32.1. The van der Waals surface area contributed by atoms with E-state index in [-0.39, 0.29) is 0 Å². The molecule has 0 radical (unpaired) electrons. The molecular weight excluding hydrogens is 360 g/mol. The molecule has 5 heteroatoms. The summed E-state index contributed by atoms with van der Waals surface area (Å²) >= 11 is 3.47. The number of thiazole rings is 1. The van der Waals surface area contributed by atoms with Crippen LogP contribution in [0.15, 0.2) is 53.2 Å². The minimum absolute atomic E-state index is 0.855. The maximum Gasteiger partial charge on any atom is 0.124 e. The fourth-order valence-corrected chi connectivity index (χ4v) is 4.66. The van der Waals surface area contributed by atoms with Crippen LogP contribution in [0.25, 0.3) is 21.8 Å². The van der Waals surface area contributed by atoms with Crippen molar-refractivity contribution in [3.8, 4) is 27.6 Å². The van der Waals surface area contributed by atoms with Crippen molar-refractivity contribution >= 4 is 22.7 Å². The number of nitrogens with zero attached hydrogens (tertiary/aromatic N) is 2. The Balaban J connectivity index is 1.67. The summed E-state index contributed by atoms with van der Waals surface area (Å²) in [5.41, 5.74) is 5.87. The monoisotopic (exact) mass is 380 g/mol. The second-order valence-corrected chi connectivity index (χ2v) is 8.11. The maximum absolute atomic E-state index is 5.33. The Kier molecular flexibility index (Phi) is 4.66. The molecule has 132 valence electrons. The highest BCUT2D eigenvalue weighted by molar-refractivity contribution is 7.13. The summed E-state index contributed by atoms with van der Waals surface area (Å²) in [5.74, 6) is 0.855. The normalized spacial score (nSPS) is 11.0. The second kappa shape index (κ2) is 7.09. The quantitative estimate of drug-likeness (QED) is 0.424. The lowest BCUT2D eigenvalue weighted by Gasteiger charge is -2.08. The van der Waals surface area contributed by atoms with Gasteiger partial charge in [-0.25, -0.2) is 4.98 Å². The Morgan fingerprint density at radius 2 is 1.96 bits per heavy atom. The summed E-state index contributed by atoms with van der Waals surface area (Å²) in [5, 5.41) is 5.29. The van der Waals surface area contributed by atoms with Crippen LogP contribution in [0.5, 0.6) is 5.75 Å². The largest absolute Gasteiger partial charge is 0.497 e. The number of aryl methyl sites for hydroxylation is 1. The number of thiophene rings is 1. The van der Waals surface area contributed by atoms with E-state index in [0.29, 0.717) is 0 Å². The van der Waals surface area contributed by atoms with Gasteiger partial charge in [-0.05, 0) is 43.5 Å². The van der Waals surface area contributed by atoms with Crippen LogP contribution in [-0.2, 0) is 6.54 Å². The molecule has 0 aliphatic heterocycles. The number of methoxy groups -OCH3 is 1. The lowest BCUT2D eigenvalue weighted by molar-refractivity contribution is 0.415. The fraction of sp³-hybridized carbons (Fsp3) is 0.190. The maximum atomic E-state index is 5.33. The zero-order valence-electron chi connectivity index (χ0n) is 15.0. The van der Waals surface area contributed by atoms with Gasteiger partial charge in [-0.1, -0.05) is 18.2 Å². The Hall–Kier alpha value is -2.37. The third-order valence-corrected chi connectivity index (χ3v) is 6.32. The van der Waals surface area contributed by atoms with E-state index in [9.17, 15) is 0 Å². The zero-order valence-corrected chi connectivity index (χ0v) is 16.7. The lowest BCUT2D eigenvalue weighted by atomic mass is 10.2. The van der Waals surface area contributed by atoms with E-state index in [1.807, 2.05) is 18.2 Å². The average Bonchev–Trinajstić information content (AvgIpc) is 3.39. The predicted octanol–water partition coefficient (Wildman–Crippen LogP) is 6.01. The topological polar surface area (TPSA) is 27.1 Å². The Morgan fingerprint density at radius 3 is 2.73 bits per heavy atom. The molecule has 0 amide bonds. The van der Waals surface area contributed by atoms with Gasteiger partial charge < -0.3 is 9.30 Å². The minimum atomic E-state index is 0.855. The smallest absolute Gasteiger partial charge is 0.124 e. The minimum Gasteiger partial charge on any atom is -0.497 e. The van der Waals surface area contributed by atoms with Crippen molar-refractivity contribution in [3.05, 3.63) is 69.5 Å². The number of benzene rings is 1. The first-order valence-electron chi connectivity index (χ1n) is 8.45. The lowest BCUT2D eigenvalue weighted by Crippen LogP contribution is -2.02. The number of hydrogen-bond acceptors (Lipinski definition) is 4. The standard InChI is InChI=1S/C21H20N2OS2/c1-14-10-19(15(2)23(14)12-18-8-5-9-25-18)20-13-26-21(22-20)16-6-4-7-17(11-16)24-3/h4-11,13H,12H2,1-3H3. The molecule has 0 aliphatic carbocycles. The van der Waals surface area contributed by atoms with E-state index in [0.717, 1.165) is 28.6 Å². The number of aromatic nitrogens is 2. The van der Waals surface area contributed by atoms with Gasteiger partial charge in [-0.3, -0.25) is 0 Å². The third-order valence-electron chi connectivity index (χ3n) is 4.56. The molecule has 0 spiro atoms. The van der Waals surface area contributed by atoms with Crippen molar-refractivity contribution in [2.75, 3.05) is 7.11 Å². The Bertz CT molecular complexity index is 1030. The van der Waals surface area contributed by atoms with Crippen LogP contribution in [-0.4, -0.2) is 16.7 Å². The molecule has 0 atom stereocenters. The van der Waals surface area contributed by atoms with E-state index in [1.165, 1.54) is 21.8 Å². The molecule has 3 nitrogen and oxygen atoms in total. The van der Waals surface area contributed by atoms with Crippen molar-refractivity contribution in [1.82, 2.24) is 9.55 Å². The molecule has 0 unspecified atom stereocenters. The molecule has 0 bridgehead atoms.